The van der Waals surface area contributed by atoms with Gasteiger partial charge in [-0.15, -0.1) is 0 Å². The zero-order chi connectivity index (χ0) is 21.6. The second kappa shape index (κ2) is 9.86. The normalized spacial score (nSPS) is 12.1. The number of furan rings is 1. The summed E-state index contributed by atoms with van der Waals surface area (Å²) in [5.74, 6) is 0.874. The summed E-state index contributed by atoms with van der Waals surface area (Å²) in [6.07, 6.45) is 0.891. The first-order valence-electron chi connectivity index (χ1n) is 10.6. The van der Waals surface area contributed by atoms with Crippen LogP contribution in [-0.4, -0.2) is 20.2 Å². The number of benzene rings is 3. The van der Waals surface area contributed by atoms with E-state index in [9.17, 15) is 0 Å². The Labute approximate surface area is 188 Å². The molecule has 0 bridgehead atoms. The third-order valence-corrected chi connectivity index (χ3v) is 5.50. The number of likely N-dealkylation sites (N-methyl/N-ethyl adjacent to an activating group) is 1. The van der Waals surface area contributed by atoms with E-state index in [1.54, 1.807) is 0 Å². The minimum Gasteiger partial charge on any atom is -0.492 e. The van der Waals surface area contributed by atoms with Crippen LogP contribution >= 0.6 is 11.6 Å². The molecule has 0 fully saturated rings. The summed E-state index contributed by atoms with van der Waals surface area (Å²) in [7, 11) is 1.92. The molecule has 0 spiro atoms. The summed E-state index contributed by atoms with van der Waals surface area (Å²) in [4.78, 5) is 0. The molecule has 3 aromatic carbocycles. The van der Waals surface area contributed by atoms with E-state index in [0.717, 1.165) is 35.2 Å². The maximum absolute atomic E-state index is 6.07. The van der Waals surface area contributed by atoms with Crippen LogP contribution in [0.5, 0.6) is 5.75 Å². The Balaban J connectivity index is 1.81. The molecule has 0 saturated carbocycles. The molecule has 0 unspecified atom stereocenters. The summed E-state index contributed by atoms with van der Waals surface area (Å²) in [5, 5.41) is 4.51. The van der Waals surface area contributed by atoms with Gasteiger partial charge >= 0.3 is 0 Å². The maximum atomic E-state index is 6.07. The lowest BCUT2D eigenvalue weighted by Gasteiger charge is -2.17. The van der Waals surface area contributed by atoms with Gasteiger partial charge in [0.05, 0.1) is 0 Å². The fraction of sp³-hybridized carbons (Fsp3) is 0.185. The number of ether oxygens (including phenoxy) is 1. The van der Waals surface area contributed by atoms with Gasteiger partial charge < -0.3 is 14.5 Å². The SMILES string of the molecule is CCC(=C(c1ccccc1)c1ccc(OCCNC)cc1)c1ccc2oc(Cl)cc2c1. The molecule has 158 valence electrons. The third-order valence-electron chi connectivity index (χ3n) is 5.32. The Kier molecular flexibility index (Phi) is 6.76. The molecule has 4 rings (SSSR count). The molecule has 4 heteroatoms. The van der Waals surface area contributed by atoms with E-state index in [4.69, 9.17) is 20.8 Å². The molecule has 3 nitrogen and oxygen atoms in total. The molecule has 1 N–H and O–H groups in total. The lowest BCUT2D eigenvalue weighted by atomic mass is 9.88. The summed E-state index contributed by atoms with van der Waals surface area (Å²) < 4.78 is 11.4. The molecule has 0 amide bonds. The summed E-state index contributed by atoms with van der Waals surface area (Å²) >= 11 is 6.07. The zero-order valence-electron chi connectivity index (χ0n) is 17.8. The number of halogens is 1. The van der Waals surface area contributed by atoms with Crippen LogP contribution in [0.15, 0.2) is 83.3 Å². The van der Waals surface area contributed by atoms with Crippen molar-refractivity contribution < 1.29 is 9.15 Å². The van der Waals surface area contributed by atoms with Gasteiger partial charge in [-0.05, 0) is 77.2 Å². The number of hydrogen-bond acceptors (Lipinski definition) is 3. The Morgan fingerprint density at radius 1 is 0.903 bits per heavy atom. The highest BCUT2D eigenvalue weighted by molar-refractivity contribution is 6.29. The average molecular weight is 432 g/mol. The minimum atomic E-state index is 0.409. The average Bonchev–Trinajstić information content (AvgIpc) is 3.18. The van der Waals surface area contributed by atoms with Crippen LogP contribution in [0.1, 0.15) is 30.0 Å². The van der Waals surface area contributed by atoms with Crippen LogP contribution in [0.25, 0.3) is 22.1 Å². The Morgan fingerprint density at radius 3 is 2.32 bits per heavy atom. The Bertz CT molecular complexity index is 1180. The molecule has 0 atom stereocenters. The summed E-state index contributed by atoms with van der Waals surface area (Å²) in [6.45, 7) is 3.65. The van der Waals surface area contributed by atoms with Crippen molar-refractivity contribution in [3.05, 3.63) is 101 Å². The third kappa shape index (κ3) is 4.84. The van der Waals surface area contributed by atoms with Gasteiger partial charge in [0.25, 0.3) is 0 Å². The van der Waals surface area contributed by atoms with Gasteiger partial charge in [-0.3, -0.25) is 0 Å². The van der Waals surface area contributed by atoms with Crippen LogP contribution in [0.3, 0.4) is 0 Å². The topological polar surface area (TPSA) is 34.4 Å². The Hall–Kier alpha value is -3.01. The van der Waals surface area contributed by atoms with Gasteiger partial charge in [-0.1, -0.05) is 55.5 Å². The Morgan fingerprint density at radius 2 is 1.61 bits per heavy atom. The molecular weight excluding hydrogens is 406 g/mol. The standard InChI is InChI=1S/C27H26ClNO2/c1-3-24(21-11-14-25-22(17-21)18-26(28)31-25)27(19-7-5-4-6-8-19)20-9-12-23(13-10-20)30-16-15-29-2/h4-14,17-18,29H,3,15-16H2,1-2H3. The first kappa shape index (κ1) is 21.2. The van der Waals surface area contributed by atoms with Crippen LogP contribution in [0.2, 0.25) is 5.22 Å². The molecule has 31 heavy (non-hydrogen) atoms. The van der Waals surface area contributed by atoms with Crippen molar-refractivity contribution in [2.75, 3.05) is 20.2 Å². The van der Waals surface area contributed by atoms with Gasteiger partial charge in [0.2, 0.25) is 0 Å². The number of fused-ring (bicyclic) bond motifs is 1. The van der Waals surface area contributed by atoms with Crippen molar-refractivity contribution in [1.82, 2.24) is 5.32 Å². The predicted octanol–water partition coefficient (Wildman–Crippen LogP) is 7.05. The van der Waals surface area contributed by atoms with Crippen molar-refractivity contribution in [3.63, 3.8) is 0 Å². The smallest absolute Gasteiger partial charge is 0.194 e. The van der Waals surface area contributed by atoms with Crippen LogP contribution in [0.4, 0.5) is 0 Å². The van der Waals surface area contributed by atoms with Crippen molar-refractivity contribution in [3.8, 4) is 5.75 Å². The van der Waals surface area contributed by atoms with Gasteiger partial charge in [-0.25, -0.2) is 0 Å². The molecule has 0 aliphatic heterocycles. The van der Waals surface area contributed by atoms with Crippen LogP contribution in [0, 0.1) is 0 Å². The van der Waals surface area contributed by atoms with Gasteiger partial charge in [0.1, 0.15) is 17.9 Å². The largest absolute Gasteiger partial charge is 0.492 e. The lowest BCUT2D eigenvalue weighted by Crippen LogP contribution is -2.15. The predicted molar refractivity (Wildman–Crippen MR) is 130 cm³/mol. The first-order chi connectivity index (χ1) is 15.2. The molecule has 4 aromatic rings. The molecule has 1 heterocycles. The second-order valence-electron chi connectivity index (χ2n) is 7.35. The number of allylic oxidation sites excluding steroid dienone is 1. The van der Waals surface area contributed by atoms with Crippen LogP contribution in [-0.2, 0) is 0 Å². The van der Waals surface area contributed by atoms with E-state index in [2.05, 4.69) is 60.8 Å². The van der Waals surface area contributed by atoms with E-state index in [1.165, 1.54) is 22.3 Å². The van der Waals surface area contributed by atoms with Crippen molar-refractivity contribution in [2.24, 2.45) is 0 Å². The van der Waals surface area contributed by atoms with E-state index in [-0.39, 0.29) is 0 Å². The van der Waals surface area contributed by atoms with E-state index < -0.39 is 0 Å². The fourth-order valence-electron chi connectivity index (χ4n) is 3.83. The van der Waals surface area contributed by atoms with Gasteiger partial charge in [0, 0.05) is 18.0 Å². The van der Waals surface area contributed by atoms with Crippen molar-refractivity contribution >= 4 is 33.7 Å². The molecular formula is C27H26ClNO2. The van der Waals surface area contributed by atoms with E-state index in [0.29, 0.717) is 11.8 Å². The molecule has 0 radical (unpaired) electrons. The molecule has 0 saturated heterocycles. The molecule has 0 aliphatic carbocycles. The second-order valence-corrected chi connectivity index (χ2v) is 7.73. The highest BCUT2D eigenvalue weighted by atomic mass is 35.5. The van der Waals surface area contributed by atoms with E-state index >= 15 is 0 Å². The fourth-order valence-corrected chi connectivity index (χ4v) is 4.03. The van der Waals surface area contributed by atoms with Crippen LogP contribution < -0.4 is 10.1 Å². The minimum absolute atomic E-state index is 0.409. The number of hydrogen-bond donors (Lipinski definition) is 1. The zero-order valence-corrected chi connectivity index (χ0v) is 18.6. The van der Waals surface area contributed by atoms with Gasteiger partial charge in [0.15, 0.2) is 5.22 Å². The van der Waals surface area contributed by atoms with Gasteiger partial charge in [-0.2, -0.15) is 0 Å². The number of nitrogens with one attached hydrogen (secondary N) is 1. The maximum Gasteiger partial charge on any atom is 0.194 e. The summed E-state index contributed by atoms with van der Waals surface area (Å²) in [6, 6.07) is 27.0. The highest BCUT2D eigenvalue weighted by Crippen LogP contribution is 2.36. The van der Waals surface area contributed by atoms with Crippen molar-refractivity contribution in [2.45, 2.75) is 13.3 Å². The monoisotopic (exact) mass is 431 g/mol. The lowest BCUT2D eigenvalue weighted by molar-refractivity contribution is 0.318. The molecule has 0 aliphatic rings. The quantitative estimate of drug-likeness (QED) is 0.239. The highest BCUT2D eigenvalue weighted by Gasteiger charge is 2.14. The first-order valence-corrected chi connectivity index (χ1v) is 10.9. The molecule has 1 aromatic heterocycles. The summed E-state index contributed by atoms with van der Waals surface area (Å²) in [5.41, 5.74) is 6.81. The van der Waals surface area contributed by atoms with E-state index in [1.807, 2.05) is 37.4 Å². The number of rotatable bonds is 8. The van der Waals surface area contributed by atoms with Crippen molar-refractivity contribution in [1.29, 1.82) is 0 Å².